The van der Waals surface area contributed by atoms with Gasteiger partial charge in [-0.15, -0.1) is 12.4 Å². The molecule has 0 radical (unpaired) electrons. The second-order valence-electron chi connectivity index (χ2n) is 5.91. The lowest BCUT2D eigenvalue weighted by Gasteiger charge is -2.23. The topological polar surface area (TPSA) is 67.4 Å². The summed E-state index contributed by atoms with van der Waals surface area (Å²) in [4.78, 5) is 24.4. The zero-order valence-corrected chi connectivity index (χ0v) is 14.9. The molecule has 1 fully saturated rings. The summed E-state index contributed by atoms with van der Waals surface area (Å²) in [5.41, 5.74) is 1.07. The van der Waals surface area contributed by atoms with Crippen molar-refractivity contribution in [3.63, 3.8) is 0 Å². The lowest BCUT2D eigenvalue weighted by atomic mass is 9.96. The van der Waals surface area contributed by atoms with Crippen LogP contribution in [0.1, 0.15) is 25.3 Å². The summed E-state index contributed by atoms with van der Waals surface area (Å²) in [7, 11) is 0. The van der Waals surface area contributed by atoms with Crippen LogP contribution in [0.25, 0.3) is 0 Å². The van der Waals surface area contributed by atoms with Crippen molar-refractivity contribution < 1.29 is 14.3 Å². The molecule has 1 aliphatic rings. The predicted molar refractivity (Wildman–Crippen MR) is 96.1 cm³/mol. The zero-order valence-electron chi connectivity index (χ0n) is 14.1. The molecule has 1 aromatic carbocycles. The number of ether oxygens (including phenoxy) is 1. The molecule has 24 heavy (non-hydrogen) atoms. The number of rotatable bonds is 7. The third kappa shape index (κ3) is 6.49. The molecule has 1 aromatic rings. The number of halogens is 1. The molecule has 2 rings (SSSR count). The maximum atomic E-state index is 12.2. The molecule has 1 heterocycles. The Balaban J connectivity index is 0.00000288. The number of esters is 1. The highest BCUT2D eigenvalue weighted by Gasteiger charge is 2.24. The highest BCUT2D eigenvalue weighted by molar-refractivity contribution is 5.85. The first kappa shape index (κ1) is 20.5. The van der Waals surface area contributed by atoms with E-state index in [1.165, 1.54) is 0 Å². The van der Waals surface area contributed by atoms with Crippen LogP contribution in [-0.2, 0) is 20.7 Å². The van der Waals surface area contributed by atoms with Gasteiger partial charge in [-0.05, 0) is 44.8 Å². The van der Waals surface area contributed by atoms with Gasteiger partial charge >= 0.3 is 5.97 Å². The average molecular weight is 355 g/mol. The number of nitrogens with one attached hydrogen (secondary N) is 2. The molecule has 134 valence electrons. The van der Waals surface area contributed by atoms with E-state index in [1.54, 1.807) is 6.92 Å². The van der Waals surface area contributed by atoms with Crippen LogP contribution in [-0.4, -0.2) is 38.1 Å². The van der Waals surface area contributed by atoms with Crippen molar-refractivity contribution in [1.29, 1.82) is 0 Å². The molecule has 1 saturated heterocycles. The van der Waals surface area contributed by atoms with E-state index in [-0.39, 0.29) is 36.1 Å². The SMILES string of the molecule is CCOC(=O)C(CNC(=O)C1CCNCC1)Cc1ccccc1.Cl. The fourth-order valence-corrected chi connectivity index (χ4v) is 2.85. The van der Waals surface area contributed by atoms with Gasteiger partial charge in [0.05, 0.1) is 12.5 Å². The van der Waals surface area contributed by atoms with E-state index in [2.05, 4.69) is 10.6 Å². The summed E-state index contributed by atoms with van der Waals surface area (Å²) >= 11 is 0. The molecular formula is C18H27ClN2O3. The van der Waals surface area contributed by atoms with Crippen LogP contribution >= 0.6 is 12.4 Å². The minimum Gasteiger partial charge on any atom is -0.466 e. The Morgan fingerprint density at radius 2 is 1.92 bits per heavy atom. The number of carbonyl (C=O) groups excluding carboxylic acids is 2. The third-order valence-electron chi connectivity index (χ3n) is 4.18. The van der Waals surface area contributed by atoms with E-state index < -0.39 is 0 Å². The van der Waals surface area contributed by atoms with E-state index in [4.69, 9.17) is 4.74 Å². The number of hydrogen-bond donors (Lipinski definition) is 2. The summed E-state index contributed by atoms with van der Waals surface area (Å²) in [5.74, 6) is -0.491. The van der Waals surface area contributed by atoms with Gasteiger partial charge in [0.1, 0.15) is 0 Å². The molecule has 1 atom stereocenters. The maximum Gasteiger partial charge on any atom is 0.311 e. The quantitative estimate of drug-likeness (QED) is 0.734. The first-order valence-electron chi connectivity index (χ1n) is 8.39. The second-order valence-corrected chi connectivity index (χ2v) is 5.91. The predicted octanol–water partition coefficient (Wildman–Crippen LogP) is 1.95. The van der Waals surface area contributed by atoms with Crippen LogP contribution in [0, 0.1) is 11.8 Å². The van der Waals surface area contributed by atoms with Crippen molar-refractivity contribution in [1.82, 2.24) is 10.6 Å². The molecule has 6 heteroatoms. The van der Waals surface area contributed by atoms with E-state index >= 15 is 0 Å². The first-order chi connectivity index (χ1) is 11.2. The smallest absolute Gasteiger partial charge is 0.311 e. The lowest BCUT2D eigenvalue weighted by Crippen LogP contribution is -2.41. The highest BCUT2D eigenvalue weighted by atomic mass is 35.5. The molecule has 1 unspecified atom stereocenters. The fourth-order valence-electron chi connectivity index (χ4n) is 2.85. The van der Waals surface area contributed by atoms with Crippen molar-refractivity contribution >= 4 is 24.3 Å². The van der Waals surface area contributed by atoms with Gasteiger partial charge in [0, 0.05) is 12.5 Å². The molecule has 1 aliphatic heterocycles. The van der Waals surface area contributed by atoms with Gasteiger partial charge in [0.2, 0.25) is 5.91 Å². The molecule has 0 spiro atoms. The standard InChI is InChI=1S/C18H26N2O3.ClH/c1-2-23-18(22)16(12-14-6-4-3-5-7-14)13-20-17(21)15-8-10-19-11-9-15;/h3-7,15-16,19H,2,8-13H2,1H3,(H,20,21);1H. The molecule has 0 bridgehead atoms. The van der Waals surface area contributed by atoms with Crippen molar-refractivity contribution in [2.75, 3.05) is 26.2 Å². The third-order valence-corrected chi connectivity index (χ3v) is 4.18. The van der Waals surface area contributed by atoms with E-state index in [0.29, 0.717) is 19.6 Å². The molecule has 0 saturated carbocycles. The van der Waals surface area contributed by atoms with Gasteiger partial charge in [-0.2, -0.15) is 0 Å². The Hall–Kier alpha value is -1.59. The Labute approximate surface area is 149 Å². The Kier molecular flexibility index (Phi) is 9.42. The maximum absolute atomic E-state index is 12.2. The van der Waals surface area contributed by atoms with Gasteiger partial charge in [-0.25, -0.2) is 0 Å². The molecule has 2 N–H and O–H groups in total. The van der Waals surface area contributed by atoms with Crippen LogP contribution in [0.2, 0.25) is 0 Å². The number of piperidine rings is 1. The van der Waals surface area contributed by atoms with Crippen molar-refractivity contribution in [2.24, 2.45) is 11.8 Å². The summed E-state index contributed by atoms with van der Waals surface area (Å²) in [6, 6.07) is 9.82. The largest absolute Gasteiger partial charge is 0.466 e. The normalized spacial score (nSPS) is 15.9. The molecule has 5 nitrogen and oxygen atoms in total. The van der Waals surface area contributed by atoms with Crippen LogP contribution in [0.15, 0.2) is 30.3 Å². The summed E-state index contributed by atoms with van der Waals surface area (Å²) in [6.45, 7) is 4.24. The molecular weight excluding hydrogens is 328 g/mol. The molecule has 1 amide bonds. The van der Waals surface area contributed by atoms with Gasteiger partial charge in [0.25, 0.3) is 0 Å². The number of amides is 1. The fraction of sp³-hybridized carbons (Fsp3) is 0.556. The summed E-state index contributed by atoms with van der Waals surface area (Å²) in [6.07, 6.45) is 2.29. The molecule has 0 aliphatic carbocycles. The second kappa shape index (κ2) is 11.0. The van der Waals surface area contributed by atoms with E-state index in [0.717, 1.165) is 31.5 Å². The summed E-state index contributed by atoms with van der Waals surface area (Å²) < 4.78 is 5.15. The van der Waals surface area contributed by atoms with Crippen molar-refractivity contribution in [3.8, 4) is 0 Å². The number of carbonyl (C=O) groups is 2. The van der Waals surface area contributed by atoms with Crippen LogP contribution in [0.4, 0.5) is 0 Å². The molecule has 0 aromatic heterocycles. The van der Waals surface area contributed by atoms with Crippen molar-refractivity contribution in [3.05, 3.63) is 35.9 Å². The Morgan fingerprint density at radius 3 is 2.54 bits per heavy atom. The highest BCUT2D eigenvalue weighted by Crippen LogP contribution is 2.13. The summed E-state index contributed by atoms with van der Waals surface area (Å²) in [5, 5.41) is 6.19. The minimum absolute atomic E-state index is 0. The van der Waals surface area contributed by atoms with Gasteiger partial charge < -0.3 is 15.4 Å². The first-order valence-corrected chi connectivity index (χ1v) is 8.39. The monoisotopic (exact) mass is 354 g/mol. The average Bonchev–Trinajstić information content (AvgIpc) is 2.60. The van der Waals surface area contributed by atoms with Crippen LogP contribution in [0.5, 0.6) is 0 Å². The van der Waals surface area contributed by atoms with Crippen LogP contribution < -0.4 is 10.6 Å². The minimum atomic E-state index is -0.344. The Bertz CT molecular complexity index is 504. The van der Waals surface area contributed by atoms with E-state index in [1.807, 2.05) is 30.3 Å². The number of benzene rings is 1. The van der Waals surface area contributed by atoms with Crippen LogP contribution in [0.3, 0.4) is 0 Å². The lowest BCUT2D eigenvalue weighted by molar-refractivity contribution is -0.148. The Morgan fingerprint density at radius 1 is 1.25 bits per heavy atom. The van der Waals surface area contributed by atoms with Gasteiger partial charge in [-0.1, -0.05) is 30.3 Å². The van der Waals surface area contributed by atoms with Gasteiger partial charge in [0.15, 0.2) is 0 Å². The number of hydrogen-bond acceptors (Lipinski definition) is 4. The van der Waals surface area contributed by atoms with E-state index in [9.17, 15) is 9.59 Å². The van der Waals surface area contributed by atoms with Crippen molar-refractivity contribution in [2.45, 2.75) is 26.2 Å². The van der Waals surface area contributed by atoms with Gasteiger partial charge in [-0.3, -0.25) is 9.59 Å². The zero-order chi connectivity index (χ0) is 16.5.